The van der Waals surface area contributed by atoms with Crippen molar-refractivity contribution in [2.75, 3.05) is 13.1 Å². The van der Waals surface area contributed by atoms with Crippen molar-refractivity contribution in [2.45, 2.75) is 6.18 Å². The topological polar surface area (TPSA) is 33.5 Å². The van der Waals surface area contributed by atoms with Crippen molar-refractivity contribution in [1.82, 2.24) is 4.90 Å². The Kier molecular flexibility index (Phi) is 5.15. The average Bonchev–Trinajstić information content (AvgIpc) is 2.95. The molecule has 0 aliphatic rings. The highest BCUT2D eigenvalue weighted by molar-refractivity contribution is 6.33. The lowest BCUT2D eigenvalue weighted by atomic mass is 10.2. The lowest BCUT2D eigenvalue weighted by Gasteiger charge is -2.21. The second-order valence-electron chi connectivity index (χ2n) is 4.73. The molecule has 0 fully saturated rings. The van der Waals surface area contributed by atoms with Gasteiger partial charge in [0.1, 0.15) is 12.3 Å². The molecule has 0 unspecified atom stereocenters. The van der Waals surface area contributed by atoms with E-state index < -0.39 is 18.6 Å². The van der Waals surface area contributed by atoms with Crippen molar-refractivity contribution in [1.29, 1.82) is 0 Å². The number of amides is 1. The van der Waals surface area contributed by atoms with E-state index in [0.717, 1.165) is 0 Å². The smallest absolute Gasteiger partial charge is 0.406 e. The number of furan rings is 1. The molecule has 1 amide bonds. The zero-order chi connectivity index (χ0) is 17.0. The third-order valence-corrected chi connectivity index (χ3v) is 3.29. The monoisotopic (exact) mass is 343 g/mol. The van der Waals surface area contributed by atoms with E-state index in [-0.39, 0.29) is 12.3 Å². The van der Waals surface area contributed by atoms with Gasteiger partial charge in [-0.3, -0.25) is 4.79 Å². The fraction of sp³-hybridized carbons (Fsp3) is 0.188. The lowest BCUT2D eigenvalue weighted by molar-refractivity contribution is -0.139. The number of nitrogens with zero attached hydrogens (tertiary/aromatic N) is 1. The van der Waals surface area contributed by atoms with Crippen LogP contribution in [0.5, 0.6) is 0 Å². The first-order valence-electron chi connectivity index (χ1n) is 6.63. The highest BCUT2D eigenvalue weighted by atomic mass is 35.5. The number of benzene rings is 1. The Morgan fingerprint density at radius 3 is 2.57 bits per heavy atom. The van der Waals surface area contributed by atoms with Gasteiger partial charge in [0, 0.05) is 12.1 Å². The zero-order valence-electron chi connectivity index (χ0n) is 11.9. The van der Waals surface area contributed by atoms with Crippen LogP contribution in [0.25, 0.3) is 11.3 Å². The quantitative estimate of drug-likeness (QED) is 0.731. The molecule has 7 heteroatoms. The summed E-state index contributed by atoms with van der Waals surface area (Å²) in [6.07, 6.45) is -3.28. The number of carbonyl (C=O) groups excluding carboxylic acids is 1. The van der Waals surface area contributed by atoms with Crippen LogP contribution in [0.15, 0.2) is 53.5 Å². The molecule has 0 saturated carbocycles. The minimum Gasteiger partial charge on any atom is -0.451 e. The van der Waals surface area contributed by atoms with Crippen molar-refractivity contribution < 1.29 is 22.4 Å². The van der Waals surface area contributed by atoms with Crippen LogP contribution in [-0.4, -0.2) is 30.1 Å². The highest BCUT2D eigenvalue weighted by Gasteiger charge is 2.33. The molecule has 2 aromatic rings. The molecule has 0 aliphatic carbocycles. The molecule has 0 radical (unpaired) electrons. The summed E-state index contributed by atoms with van der Waals surface area (Å²) in [5.74, 6) is -0.740. The standard InChI is InChI=1S/C16H13ClF3NO2/c1-2-9-21(10-16(18,19)20)15(22)14-8-7-13(23-14)11-5-3-4-6-12(11)17/h2-8H,1,9-10H2. The summed E-state index contributed by atoms with van der Waals surface area (Å²) < 4.78 is 43.0. The Balaban J connectivity index is 2.26. The summed E-state index contributed by atoms with van der Waals surface area (Å²) >= 11 is 6.03. The minimum atomic E-state index is -4.50. The van der Waals surface area contributed by atoms with Gasteiger partial charge in [-0.15, -0.1) is 6.58 Å². The number of alkyl halides is 3. The van der Waals surface area contributed by atoms with Gasteiger partial charge in [-0.25, -0.2) is 0 Å². The maximum Gasteiger partial charge on any atom is 0.406 e. The van der Waals surface area contributed by atoms with Crippen LogP contribution in [0.4, 0.5) is 13.2 Å². The molecule has 3 nitrogen and oxygen atoms in total. The van der Waals surface area contributed by atoms with Crippen molar-refractivity contribution >= 4 is 17.5 Å². The summed E-state index contributed by atoms with van der Waals surface area (Å²) in [7, 11) is 0. The molecule has 1 aromatic heterocycles. The molecule has 0 aliphatic heterocycles. The second-order valence-corrected chi connectivity index (χ2v) is 5.14. The normalized spacial score (nSPS) is 11.3. The fourth-order valence-corrected chi connectivity index (χ4v) is 2.23. The van der Waals surface area contributed by atoms with Gasteiger partial charge in [0.25, 0.3) is 5.91 Å². The first-order chi connectivity index (χ1) is 10.8. The molecular weight excluding hydrogens is 331 g/mol. The summed E-state index contributed by atoms with van der Waals surface area (Å²) in [5.41, 5.74) is 0.555. The molecule has 2 rings (SSSR count). The number of halogens is 4. The minimum absolute atomic E-state index is 0.189. The first kappa shape index (κ1) is 17.1. The van der Waals surface area contributed by atoms with Gasteiger partial charge in [0.05, 0.1) is 5.02 Å². The molecule has 23 heavy (non-hydrogen) atoms. The van der Waals surface area contributed by atoms with Crippen LogP contribution >= 0.6 is 11.6 Å². The van der Waals surface area contributed by atoms with E-state index in [9.17, 15) is 18.0 Å². The molecular formula is C16H13ClF3NO2. The van der Waals surface area contributed by atoms with E-state index in [1.807, 2.05) is 0 Å². The Morgan fingerprint density at radius 1 is 1.26 bits per heavy atom. The Hall–Kier alpha value is -2.21. The average molecular weight is 344 g/mol. The largest absolute Gasteiger partial charge is 0.451 e. The molecule has 1 aromatic carbocycles. The number of rotatable bonds is 5. The SMILES string of the molecule is C=CCN(CC(F)(F)F)C(=O)c1ccc(-c2ccccc2Cl)o1. The van der Waals surface area contributed by atoms with E-state index in [2.05, 4.69) is 6.58 Å². The third-order valence-electron chi connectivity index (χ3n) is 2.96. The van der Waals surface area contributed by atoms with Gasteiger partial charge in [-0.05, 0) is 24.3 Å². The van der Waals surface area contributed by atoms with Gasteiger partial charge in [0.2, 0.25) is 0 Å². The van der Waals surface area contributed by atoms with Gasteiger partial charge < -0.3 is 9.32 Å². The number of hydrogen-bond donors (Lipinski definition) is 0. The van der Waals surface area contributed by atoms with Crippen LogP contribution in [0, 0.1) is 0 Å². The molecule has 0 atom stereocenters. The number of carbonyl (C=O) groups is 1. The predicted octanol–water partition coefficient (Wildman–Crippen LogP) is 4.79. The Morgan fingerprint density at radius 2 is 1.96 bits per heavy atom. The van der Waals surface area contributed by atoms with Gasteiger partial charge >= 0.3 is 6.18 Å². The van der Waals surface area contributed by atoms with E-state index in [1.165, 1.54) is 18.2 Å². The molecule has 0 spiro atoms. The van der Waals surface area contributed by atoms with Crippen LogP contribution in [0.1, 0.15) is 10.6 Å². The number of hydrogen-bond acceptors (Lipinski definition) is 2. The maximum absolute atomic E-state index is 12.6. The van der Waals surface area contributed by atoms with Gasteiger partial charge in [-0.1, -0.05) is 29.8 Å². The third kappa shape index (κ3) is 4.39. The Bertz CT molecular complexity index is 709. The van der Waals surface area contributed by atoms with Crippen LogP contribution in [-0.2, 0) is 0 Å². The van der Waals surface area contributed by atoms with E-state index in [4.69, 9.17) is 16.0 Å². The summed E-state index contributed by atoms with van der Waals surface area (Å²) in [6, 6.07) is 9.62. The maximum atomic E-state index is 12.6. The summed E-state index contributed by atoms with van der Waals surface area (Å²) in [5, 5.41) is 0.416. The lowest BCUT2D eigenvalue weighted by Crippen LogP contribution is -2.38. The van der Waals surface area contributed by atoms with Crippen molar-refractivity contribution in [3.63, 3.8) is 0 Å². The molecule has 0 N–H and O–H groups in total. The molecule has 0 bridgehead atoms. The molecule has 122 valence electrons. The van der Waals surface area contributed by atoms with Crippen molar-refractivity contribution in [3.8, 4) is 11.3 Å². The van der Waals surface area contributed by atoms with E-state index in [0.29, 0.717) is 21.2 Å². The molecule has 1 heterocycles. The van der Waals surface area contributed by atoms with Gasteiger partial charge in [0.15, 0.2) is 5.76 Å². The van der Waals surface area contributed by atoms with Crippen LogP contribution in [0.2, 0.25) is 5.02 Å². The highest BCUT2D eigenvalue weighted by Crippen LogP contribution is 2.29. The zero-order valence-corrected chi connectivity index (χ0v) is 12.7. The summed E-state index contributed by atoms with van der Waals surface area (Å²) in [6.45, 7) is 1.75. The fourth-order valence-electron chi connectivity index (χ4n) is 2.01. The summed E-state index contributed by atoms with van der Waals surface area (Å²) in [4.78, 5) is 12.8. The first-order valence-corrected chi connectivity index (χ1v) is 7.01. The van der Waals surface area contributed by atoms with Crippen molar-refractivity contribution in [2.24, 2.45) is 0 Å². The molecule has 0 saturated heterocycles. The van der Waals surface area contributed by atoms with E-state index in [1.54, 1.807) is 24.3 Å². The van der Waals surface area contributed by atoms with Crippen LogP contribution < -0.4 is 0 Å². The van der Waals surface area contributed by atoms with Crippen molar-refractivity contribution in [3.05, 3.63) is 59.8 Å². The van der Waals surface area contributed by atoms with Crippen LogP contribution in [0.3, 0.4) is 0 Å². The predicted molar refractivity (Wildman–Crippen MR) is 81.3 cm³/mol. The Labute approximate surface area is 136 Å². The van der Waals surface area contributed by atoms with Gasteiger partial charge in [-0.2, -0.15) is 13.2 Å². The second kappa shape index (κ2) is 6.91. The van der Waals surface area contributed by atoms with E-state index >= 15 is 0 Å².